The number of benzene rings is 1. The van der Waals surface area contributed by atoms with Crippen LogP contribution in [-0.2, 0) is 6.54 Å². The van der Waals surface area contributed by atoms with Crippen molar-refractivity contribution in [1.82, 2.24) is 25.3 Å². The molecule has 182 valence electrons. The molecule has 35 heavy (non-hydrogen) atoms. The third-order valence-corrected chi connectivity index (χ3v) is 7.25. The summed E-state index contributed by atoms with van der Waals surface area (Å²) in [5.74, 6) is 1.38. The average molecular weight is 507 g/mol. The van der Waals surface area contributed by atoms with Crippen molar-refractivity contribution in [2.24, 2.45) is 0 Å². The minimum Gasteiger partial charge on any atom is -0.372 e. The van der Waals surface area contributed by atoms with Gasteiger partial charge in [-0.05, 0) is 79.8 Å². The lowest BCUT2D eigenvalue weighted by Gasteiger charge is -2.28. The first kappa shape index (κ1) is 23.7. The zero-order chi connectivity index (χ0) is 23.9. The summed E-state index contributed by atoms with van der Waals surface area (Å²) < 4.78 is 0. The molecular formula is C25H30N8S2. The largest absolute Gasteiger partial charge is 0.372 e. The molecule has 10 heteroatoms. The molecule has 0 atom stereocenters. The van der Waals surface area contributed by atoms with E-state index in [9.17, 15) is 0 Å². The summed E-state index contributed by atoms with van der Waals surface area (Å²) in [5.41, 5.74) is 2.47. The third-order valence-electron chi connectivity index (χ3n) is 6.19. The summed E-state index contributed by atoms with van der Waals surface area (Å²) in [4.78, 5) is 22.8. The molecule has 2 aliphatic heterocycles. The summed E-state index contributed by atoms with van der Waals surface area (Å²) in [7, 11) is 0. The van der Waals surface area contributed by atoms with E-state index in [0.717, 1.165) is 37.0 Å². The number of rotatable bonds is 7. The highest BCUT2D eigenvalue weighted by Gasteiger charge is 2.16. The second-order valence-electron chi connectivity index (χ2n) is 8.74. The molecule has 2 aromatic heterocycles. The fourth-order valence-corrected chi connectivity index (χ4v) is 5.24. The van der Waals surface area contributed by atoms with Gasteiger partial charge in [-0.15, -0.1) is 0 Å². The average Bonchev–Trinajstić information content (AvgIpc) is 3.44. The number of aromatic nitrogens is 4. The molecule has 2 fully saturated rings. The van der Waals surface area contributed by atoms with Crippen LogP contribution < -0.4 is 20.4 Å². The number of hydrogen-bond acceptors (Lipinski definition) is 8. The highest BCUT2D eigenvalue weighted by Crippen LogP contribution is 2.28. The van der Waals surface area contributed by atoms with Crippen LogP contribution in [0.4, 0.5) is 17.5 Å². The van der Waals surface area contributed by atoms with Crippen molar-refractivity contribution in [2.45, 2.75) is 48.8 Å². The molecule has 0 spiro atoms. The van der Waals surface area contributed by atoms with Gasteiger partial charge < -0.3 is 20.4 Å². The second kappa shape index (κ2) is 11.6. The number of nitrogens with zero attached hydrogens (tertiary/aromatic N) is 6. The zero-order valence-electron chi connectivity index (χ0n) is 19.7. The van der Waals surface area contributed by atoms with E-state index >= 15 is 0 Å². The van der Waals surface area contributed by atoms with Gasteiger partial charge in [-0.2, -0.15) is 4.98 Å². The standard InChI is InChI=1S/C25H30N8S2/c34-24(28-18-19-7-9-20(10-8-19)32-13-4-5-14-32)31-23-29-21(33-15-2-1-3-16-33)17-22(30-23)35-25-26-11-6-12-27-25/h6-12,17H,1-5,13-16,18H2,(H2,28,29,30,31,34). The summed E-state index contributed by atoms with van der Waals surface area (Å²) in [6, 6.07) is 12.5. The molecule has 2 saturated heterocycles. The number of anilines is 3. The molecule has 0 aliphatic carbocycles. The fourth-order valence-electron chi connectivity index (χ4n) is 4.37. The van der Waals surface area contributed by atoms with Gasteiger partial charge in [0.05, 0.1) is 0 Å². The molecule has 5 rings (SSSR count). The number of hydrogen-bond donors (Lipinski definition) is 2. The van der Waals surface area contributed by atoms with Crippen LogP contribution in [0.25, 0.3) is 0 Å². The molecule has 4 heterocycles. The molecule has 2 N–H and O–H groups in total. The van der Waals surface area contributed by atoms with Crippen LogP contribution in [0.5, 0.6) is 0 Å². The van der Waals surface area contributed by atoms with Crippen LogP contribution in [0.3, 0.4) is 0 Å². The quantitative estimate of drug-likeness (QED) is 0.272. The monoisotopic (exact) mass is 506 g/mol. The Hall–Kier alpha value is -2.98. The Kier molecular flexibility index (Phi) is 7.89. The number of piperidine rings is 1. The van der Waals surface area contributed by atoms with E-state index < -0.39 is 0 Å². The lowest BCUT2D eigenvalue weighted by Crippen LogP contribution is -2.32. The van der Waals surface area contributed by atoms with Crippen LogP contribution in [-0.4, -0.2) is 51.2 Å². The lowest BCUT2D eigenvalue weighted by atomic mass is 10.1. The molecule has 0 bridgehead atoms. The number of nitrogens with one attached hydrogen (secondary N) is 2. The molecule has 0 radical (unpaired) electrons. The molecular weight excluding hydrogens is 476 g/mol. The zero-order valence-corrected chi connectivity index (χ0v) is 21.3. The Bertz CT molecular complexity index is 1110. The van der Waals surface area contributed by atoms with Crippen molar-refractivity contribution in [2.75, 3.05) is 41.3 Å². The van der Waals surface area contributed by atoms with Crippen molar-refractivity contribution < 1.29 is 0 Å². The Morgan fingerprint density at radius 1 is 0.886 bits per heavy atom. The minimum atomic E-state index is 0.480. The molecule has 8 nitrogen and oxygen atoms in total. The fraction of sp³-hybridized carbons (Fsp3) is 0.400. The second-order valence-corrected chi connectivity index (χ2v) is 10.1. The van der Waals surface area contributed by atoms with E-state index in [1.807, 2.05) is 6.07 Å². The first-order valence-electron chi connectivity index (χ1n) is 12.2. The molecule has 0 amide bonds. The van der Waals surface area contributed by atoms with E-state index in [1.54, 1.807) is 18.5 Å². The van der Waals surface area contributed by atoms with Gasteiger partial charge in [0.25, 0.3) is 0 Å². The maximum Gasteiger partial charge on any atom is 0.232 e. The van der Waals surface area contributed by atoms with Crippen molar-refractivity contribution in [3.63, 3.8) is 0 Å². The maximum atomic E-state index is 5.57. The molecule has 3 aromatic rings. The maximum absolute atomic E-state index is 5.57. The van der Waals surface area contributed by atoms with Crippen LogP contribution in [0.2, 0.25) is 0 Å². The van der Waals surface area contributed by atoms with Crippen molar-refractivity contribution >= 4 is 46.5 Å². The first-order valence-corrected chi connectivity index (χ1v) is 13.4. The van der Waals surface area contributed by atoms with Crippen molar-refractivity contribution in [3.8, 4) is 0 Å². The highest BCUT2D eigenvalue weighted by molar-refractivity contribution is 7.99. The predicted molar refractivity (Wildman–Crippen MR) is 145 cm³/mol. The summed E-state index contributed by atoms with van der Waals surface area (Å²) in [6.45, 7) is 4.94. The number of thiocarbonyl (C=S) groups is 1. The van der Waals surface area contributed by atoms with Gasteiger partial charge in [-0.3, -0.25) is 0 Å². The third kappa shape index (κ3) is 6.58. The summed E-state index contributed by atoms with van der Waals surface area (Å²) in [5, 5.41) is 8.41. The van der Waals surface area contributed by atoms with Crippen molar-refractivity contribution in [3.05, 3.63) is 54.4 Å². The van der Waals surface area contributed by atoms with E-state index in [0.29, 0.717) is 22.8 Å². The summed E-state index contributed by atoms with van der Waals surface area (Å²) >= 11 is 6.99. The Balaban J connectivity index is 1.24. The van der Waals surface area contributed by atoms with Gasteiger partial charge in [-0.1, -0.05) is 12.1 Å². The molecule has 2 aliphatic rings. The van der Waals surface area contributed by atoms with Gasteiger partial charge in [-0.25, -0.2) is 15.0 Å². The predicted octanol–water partition coefficient (Wildman–Crippen LogP) is 4.49. The van der Waals surface area contributed by atoms with Gasteiger partial charge in [0.2, 0.25) is 5.95 Å². The van der Waals surface area contributed by atoms with Crippen LogP contribution in [0.15, 0.2) is 59.0 Å². The van der Waals surface area contributed by atoms with E-state index in [2.05, 4.69) is 59.7 Å². The van der Waals surface area contributed by atoms with Crippen molar-refractivity contribution in [1.29, 1.82) is 0 Å². The molecule has 1 aromatic carbocycles. The van der Waals surface area contributed by atoms with Crippen LogP contribution >= 0.6 is 24.0 Å². The highest BCUT2D eigenvalue weighted by atomic mass is 32.2. The Morgan fingerprint density at radius 2 is 1.57 bits per heavy atom. The van der Waals surface area contributed by atoms with Crippen LogP contribution in [0, 0.1) is 0 Å². The Labute approximate surface area is 216 Å². The molecule has 0 saturated carbocycles. The Morgan fingerprint density at radius 3 is 2.31 bits per heavy atom. The topological polar surface area (TPSA) is 82.1 Å². The SMILES string of the molecule is S=C(NCc1ccc(N2CCCC2)cc1)Nc1nc(Sc2ncccn2)cc(N2CCCCC2)n1. The molecule has 0 unspecified atom stereocenters. The van der Waals surface area contributed by atoms with Gasteiger partial charge in [0, 0.05) is 56.9 Å². The first-order chi connectivity index (χ1) is 17.2. The van der Waals surface area contributed by atoms with E-state index in [-0.39, 0.29) is 0 Å². The minimum absolute atomic E-state index is 0.480. The normalized spacial score (nSPS) is 15.8. The van der Waals surface area contributed by atoms with Gasteiger partial charge in [0.1, 0.15) is 10.8 Å². The van der Waals surface area contributed by atoms with E-state index in [4.69, 9.17) is 17.2 Å². The van der Waals surface area contributed by atoms with E-state index in [1.165, 1.54) is 55.1 Å². The van der Waals surface area contributed by atoms with Gasteiger partial charge in [0.15, 0.2) is 10.3 Å². The van der Waals surface area contributed by atoms with Gasteiger partial charge >= 0.3 is 0 Å². The lowest BCUT2D eigenvalue weighted by molar-refractivity contribution is 0.572. The van der Waals surface area contributed by atoms with Crippen LogP contribution in [0.1, 0.15) is 37.7 Å². The summed E-state index contributed by atoms with van der Waals surface area (Å²) in [6.07, 6.45) is 9.64. The smallest absolute Gasteiger partial charge is 0.232 e.